The van der Waals surface area contributed by atoms with Crippen molar-refractivity contribution in [2.45, 2.75) is 57.0 Å². The average Bonchev–Trinajstić information content (AvgIpc) is 2.75. The lowest BCUT2D eigenvalue weighted by Crippen LogP contribution is -2.52. The van der Waals surface area contributed by atoms with Crippen LogP contribution in [0.4, 0.5) is 0 Å². The van der Waals surface area contributed by atoms with E-state index in [1.54, 1.807) is 7.11 Å². The van der Waals surface area contributed by atoms with Gasteiger partial charge in [0, 0.05) is 25.7 Å². The van der Waals surface area contributed by atoms with Crippen molar-refractivity contribution in [3.05, 3.63) is 0 Å². The highest BCUT2D eigenvalue weighted by molar-refractivity contribution is 5.73. The van der Waals surface area contributed by atoms with E-state index in [0.29, 0.717) is 6.04 Å². The Morgan fingerprint density at radius 3 is 2.70 bits per heavy atom. The largest absolute Gasteiger partial charge is 0.469 e. The Labute approximate surface area is 122 Å². The Morgan fingerprint density at radius 1 is 1.15 bits per heavy atom. The van der Waals surface area contributed by atoms with Crippen molar-refractivity contribution in [1.29, 1.82) is 0 Å². The molecule has 2 fully saturated rings. The van der Waals surface area contributed by atoms with Crippen molar-refractivity contribution >= 4 is 5.97 Å². The molecular formula is C15H28N2O3. The first-order chi connectivity index (χ1) is 9.76. The highest BCUT2D eigenvalue weighted by Crippen LogP contribution is 2.26. The smallest absolute Gasteiger partial charge is 0.310 e. The summed E-state index contributed by atoms with van der Waals surface area (Å²) in [6, 6.07) is 0.643. The Bertz CT molecular complexity index is 311. The predicted molar refractivity (Wildman–Crippen MR) is 77.1 cm³/mol. The molecule has 5 nitrogen and oxygen atoms in total. The first-order valence-electron chi connectivity index (χ1n) is 7.86. The van der Waals surface area contributed by atoms with Gasteiger partial charge in [-0.2, -0.15) is 0 Å². The third-order valence-corrected chi connectivity index (χ3v) is 4.59. The summed E-state index contributed by atoms with van der Waals surface area (Å²) < 4.78 is 10.3. The molecule has 116 valence electrons. The minimum Gasteiger partial charge on any atom is -0.469 e. The molecule has 2 rings (SSSR count). The zero-order valence-corrected chi connectivity index (χ0v) is 12.8. The van der Waals surface area contributed by atoms with Crippen LogP contribution in [-0.4, -0.2) is 50.4 Å². The fourth-order valence-electron chi connectivity index (χ4n) is 3.48. The number of rotatable bonds is 5. The number of hydrazine groups is 1. The molecule has 1 aliphatic carbocycles. The van der Waals surface area contributed by atoms with Gasteiger partial charge in [0.05, 0.1) is 19.6 Å². The molecule has 5 heteroatoms. The van der Waals surface area contributed by atoms with Gasteiger partial charge in [0.25, 0.3) is 0 Å². The van der Waals surface area contributed by atoms with Crippen LogP contribution in [0.15, 0.2) is 0 Å². The Balaban J connectivity index is 1.97. The SMILES string of the molecule is COC[C@@H]1CCCN1N[C@H]1CCCCC[C@@H]1C(=O)OC. The van der Waals surface area contributed by atoms with Gasteiger partial charge in [-0.15, -0.1) is 0 Å². The van der Waals surface area contributed by atoms with Crippen LogP contribution in [-0.2, 0) is 14.3 Å². The third-order valence-electron chi connectivity index (χ3n) is 4.59. The summed E-state index contributed by atoms with van der Waals surface area (Å²) in [6.45, 7) is 1.79. The molecule has 2 aliphatic rings. The monoisotopic (exact) mass is 284 g/mol. The number of carbonyl (C=O) groups excluding carboxylic acids is 1. The van der Waals surface area contributed by atoms with Crippen molar-refractivity contribution in [2.75, 3.05) is 27.4 Å². The molecule has 0 aromatic heterocycles. The second kappa shape index (κ2) is 7.96. The normalized spacial score (nSPS) is 32.0. The summed E-state index contributed by atoms with van der Waals surface area (Å²) in [7, 11) is 3.24. The summed E-state index contributed by atoms with van der Waals surface area (Å²) in [5.74, 6) is -0.0711. The molecule has 1 N–H and O–H groups in total. The number of ether oxygens (including phenoxy) is 2. The molecule has 0 spiro atoms. The second-order valence-corrected chi connectivity index (χ2v) is 5.95. The zero-order valence-electron chi connectivity index (χ0n) is 12.8. The molecule has 1 saturated heterocycles. The summed E-state index contributed by atoms with van der Waals surface area (Å²) in [6.07, 6.45) is 7.87. The van der Waals surface area contributed by atoms with Crippen LogP contribution in [0, 0.1) is 5.92 Å². The first-order valence-corrected chi connectivity index (χ1v) is 7.86. The molecule has 1 saturated carbocycles. The number of methoxy groups -OCH3 is 2. The van der Waals surface area contributed by atoms with Crippen molar-refractivity contribution in [3.63, 3.8) is 0 Å². The minimum absolute atomic E-state index is 0.00806. The van der Waals surface area contributed by atoms with E-state index >= 15 is 0 Å². The van der Waals surface area contributed by atoms with Crippen molar-refractivity contribution < 1.29 is 14.3 Å². The van der Waals surface area contributed by atoms with Gasteiger partial charge in [0.15, 0.2) is 0 Å². The highest BCUT2D eigenvalue weighted by Gasteiger charge is 2.34. The third kappa shape index (κ3) is 3.93. The summed E-state index contributed by atoms with van der Waals surface area (Å²) in [5.41, 5.74) is 3.61. The van der Waals surface area contributed by atoms with E-state index in [9.17, 15) is 4.79 Å². The van der Waals surface area contributed by atoms with E-state index in [1.807, 2.05) is 0 Å². The van der Waals surface area contributed by atoms with E-state index in [4.69, 9.17) is 9.47 Å². The molecule has 3 atom stereocenters. The maximum Gasteiger partial charge on any atom is 0.310 e. The Hall–Kier alpha value is -0.650. The van der Waals surface area contributed by atoms with Gasteiger partial charge in [0.1, 0.15) is 0 Å². The molecule has 0 radical (unpaired) electrons. The number of hydrogen-bond donors (Lipinski definition) is 1. The number of nitrogens with one attached hydrogen (secondary N) is 1. The lowest BCUT2D eigenvalue weighted by atomic mass is 9.95. The van der Waals surface area contributed by atoms with Gasteiger partial charge in [-0.3, -0.25) is 10.2 Å². The number of nitrogens with zero attached hydrogens (tertiary/aromatic N) is 1. The standard InChI is InChI=1S/C15H28N2O3/c1-19-11-12-7-6-10-17(12)16-14-9-5-3-4-8-13(14)15(18)20-2/h12-14,16H,3-11H2,1-2H3/t12-,13-,14-/m0/s1. The molecule has 0 bridgehead atoms. The van der Waals surface area contributed by atoms with Gasteiger partial charge in [-0.05, 0) is 25.7 Å². The fourth-order valence-corrected chi connectivity index (χ4v) is 3.48. The lowest BCUT2D eigenvalue weighted by Gasteiger charge is -2.32. The second-order valence-electron chi connectivity index (χ2n) is 5.95. The van der Waals surface area contributed by atoms with E-state index in [2.05, 4.69) is 10.4 Å². The number of esters is 1. The molecule has 1 aliphatic heterocycles. The molecule has 0 amide bonds. The van der Waals surface area contributed by atoms with E-state index < -0.39 is 0 Å². The number of carbonyl (C=O) groups is 1. The van der Waals surface area contributed by atoms with Crippen LogP contribution >= 0.6 is 0 Å². The maximum absolute atomic E-state index is 12.0. The summed E-state index contributed by atoms with van der Waals surface area (Å²) in [5, 5.41) is 2.29. The molecule has 1 heterocycles. The van der Waals surface area contributed by atoms with Gasteiger partial charge in [-0.25, -0.2) is 5.01 Å². The Morgan fingerprint density at radius 2 is 1.95 bits per heavy atom. The lowest BCUT2D eigenvalue weighted by molar-refractivity contribution is -0.147. The van der Waals surface area contributed by atoms with Crippen LogP contribution in [0.5, 0.6) is 0 Å². The highest BCUT2D eigenvalue weighted by atomic mass is 16.5. The average molecular weight is 284 g/mol. The molecular weight excluding hydrogens is 256 g/mol. The van der Waals surface area contributed by atoms with E-state index in [1.165, 1.54) is 26.4 Å². The maximum atomic E-state index is 12.0. The van der Waals surface area contributed by atoms with Crippen LogP contribution in [0.2, 0.25) is 0 Å². The zero-order chi connectivity index (χ0) is 14.4. The van der Waals surface area contributed by atoms with Crippen molar-refractivity contribution in [3.8, 4) is 0 Å². The topological polar surface area (TPSA) is 50.8 Å². The van der Waals surface area contributed by atoms with Crippen LogP contribution in [0.25, 0.3) is 0 Å². The summed E-state index contributed by atoms with van der Waals surface area (Å²) in [4.78, 5) is 12.0. The van der Waals surface area contributed by atoms with Crippen LogP contribution in [0.3, 0.4) is 0 Å². The molecule has 0 aromatic carbocycles. The summed E-state index contributed by atoms with van der Waals surface area (Å²) >= 11 is 0. The number of hydrogen-bond acceptors (Lipinski definition) is 5. The molecule has 20 heavy (non-hydrogen) atoms. The molecule has 0 unspecified atom stereocenters. The van der Waals surface area contributed by atoms with Crippen LogP contribution < -0.4 is 5.43 Å². The predicted octanol–water partition coefficient (Wildman–Crippen LogP) is 1.72. The van der Waals surface area contributed by atoms with Crippen molar-refractivity contribution in [2.24, 2.45) is 5.92 Å². The Kier molecular flexibility index (Phi) is 6.26. The van der Waals surface area contributed by atoms with E-state index in [-0.39, 0.29) is 17.9 Å². The van der Waals surface area contributed by atoms with Gasteiger partial charge >= 0.3 is 5.97 Å². The quantitative estimate of drug-likeness (QED) is 0.615. The molecule has 0 aromatic rings. The first kappa shape index (κ1) is 15.7. The van der Waals surface area contributed by atoms with Gasteiger partial charge < -0.3 is 9.47 Å². The van der Waals surface area contributed by atoms with Crippen molar-refractivity contribution in [1.82, 2.24) is 10.4 Å². The van der Waals surface area contributed by atoms with Crippen LogP contribution in [0.1, 0.15) is 44.9 Å². The fraction of sp³-hybridized carbons (Fsp3) is 0.933. The van der Waals surface area contributed by atoms with Gasteiger partial charge in [-0.1, -0.05) is 19.3 Å². The minimum atomic E-state index is -0.0631. The van der Waals surface area contributed by atoms with E-state index in [0.717, 1.165) is 38.8 Å². The van der Waals surface area contributed by atoms with Gasteiger partial charge in [0.2, 0.25) is 0 Å².